The van der Waals surface area contributed by atoms with Crippen LogP contribution in [0.5, 0.6) is 5.19 Å². The zero-order valence-electron chi connectivity index (χ0n) is 20.2. The molecule has 5 rings (SSSR count). The lowest BCUT2D eigenvalue weighted by Gasteiger charge is -2.33. The molecule has 1 aliphatic heterocycles. The average Bonchev–Trinajstić information content (AvgIpc) is 3.54. The minimum Gasteiger partial charge on any atom is -0.466 e. The highest BCUT2D eigenvalue weighted by atomic mass is 32.2. The van der Waals surface area contributed by atoms with Crippen molar-refractivity contribution < 1.29 is 9.26 Å². The third-order valence-corrected chi connectivity index (χ3v) is 7.98. The normalized spacial score (nSPS) is 16.0. The molecule has 0 radical (unpaired) electrons. The van der Waals surface area contributed by atoms with Gasteiger partial charge < -0.3 is 14.2 Å². The van der Waals surface area contributed by atoms with Crippen LogP contribution in [0, 0.1) is 12.8 Å². The van der Waals surface area contributed by atoms with Crippen molar-refractivity contribution in [3.05, 3.63) is 35.8 Å². The van der Waals surface area contributed by atoms with Crippen LogP contribution in [-0.4, -0.2) is 50.2 Å². The first-order valence-corrected chi connectivity index (χ1v) is 13.7. The van der Waals surface area contributed by atoms with Crippen LogP contribution in [0.4, 0.5) is 6.01 Å². The van der Waals surface area contributed by atoms with Crippen molar-refractivity contribution in [1.82, 2.24) is 24.7 Å². The molecule has 0 aliphatic carbocycles. The maximum absolute atomic E-state index is 6.25. The van der Waals surface area contributed by atoms with E-state index in [0.29, 0.717) is 17.1 Å². The molecule has 0 spiro atoms. The van der Waals surface area contributed by atoms with E-state index in [1.165, 1.54) is 21.8 Å². The van der Waals surface area contributed by atoms with Gasteiger partial charge in [0.25, 0.3) is 5.19 Å². The predicted molar refractivity (Wildman–Crippen MR) is 136 cm³/mol. The first-order chi connectivity index (χ1) is 16.4. The average molecular weight is 499 g/mol. The second-order valence-electron chi connectivity index (χ2n) is 9.14. The molecule has 0 N–H and O–H groups in total. The lowest BCUT2D eigenvalue weighted by atomic mass is 9.92. The topological polar surface area (TPSA) is 81.6 Å². The number of benzene rings is 1. The molecule has 3 aromatic heterocycles. The van der Waals surface area contributed by atoms with Crippen molar-refractivity contribution in [3.63, 3.8) is 0 Å². The van der Waals surface area contributed by atoms with Gasteiger partial charge in [-0.05, 0) is 67.9 Å². The molecule has 1 atom stereocenters. The molecule has 34 heavy (non-hydrogen) atoms. The summed E-state index contributed by atoms with van der Waals surface area (Å²) in [5.74, 6) is 1.48. The second kappa shape index (κ2) is 9.58. The van der Waals surface area contributed by atoms with Crippen LogP contribution in [-0.2, 0) is 0 Å². The zero-order valence-corrected chi connectivity index (χ0v) is 21.8. The molecular weight excluding hydrogens is 468 g/mol. The van der Waals surface area contributed by atoms with Gasteiger partial charge in [-0.2, -0.15) is 4.98 Å². The molecule has 10 heteroatoms. The molecule has 1 fully saturated rings. The minimum atomic E-state index is 0.0766. The van der Waals surface area contributed by atoms with Gasteiger partial charge in [-0.15, -0.1) is 16.9 Å². The SMILES string of the molecule is CSc1ccc(-c2cn3nc(OC(C)C4CCN(c5nc(C(C)C)no5)CC4)sc3n2)c(C)c1. The third kappa shape index (κ3) is 4.65. The van der Waals surface area contributed by atoms with Crippen molar-refractivity contribution in [1.29, 1.82) is 0 Å². The van der Waals surface area contributed by atoms with Gasteiger partial charge in [0.2, 0.25) is 4.96 Å². The van der Waals surface area contributed by atoms with Gasteiger partial charge in [-0.25, -0.2) is 9.50 Å². The number of hydrogen-bond donors (Lipinski definition) is 0. The summed E-state index contributed by atoms with van der Waals surface area (Å²) in [5, 5.41) is 9.39. The Morgan fingerprint density at radius 3 is 2.62 bits per heavy atom. The molecule has 180 valence electrons. The number of aryl methyl sites for hydroxylation is 1. The van der Waals surface area contributed by atoms with Crippen LogP contribution in [0.25, 0.3) is 16.2 Å². The van der Waals surface area contributed by atoms with E-state index in [0.717, 1.165) is 48.0 Å². The highest BCUT2D eigenvalue weighted by Gasteiger charge is 2.28. The van der Waals surface area contributed by atoms with E-state index in [4.69, 9.17) is 14.2 Å². The number of imidazole rings is 1. The Hall–Kier alpha value is -2.59. The fourth-order valence-corrected chi connectivity index (χ4v) is 5.63. The number of fused-ring (bicyclic) bond motifs is 1. The Morgan fingerprint density at radius 1 is 1.18 bits per heavy atom. The number of aromatic nitrogens is 5. The highest BCUT2D eigenvalue weighted by molar-refractivity contribution is 7.98. The summed E-state index contributed by atoms with van der Waals surface area (Å²) in [6.45, 7) is 10.2. The Balaban J connectivity index is 1.20. The molecule has 1 saturated heterocycles. The van der Waals surface area contributed by atoms with E-state index >= 15 is 0 Å². The number of anilines is 1. The Morgan fingerprint density at radius 2 is 1.97 bits per heavy atom. The molecule has 1 aromatic carbocycles. The number of piperidine rings is 1. The molecule has 0 saturated carbocycles. The van der Waals surface area contributed by atoms with E-state index in [2.05, 4.69) is 72.3 Å². The van der Waals surface area contributed by atoms with Gasteiger partial charge in [0.05, 0.1) is 11.9 Å². The maximum atomic E-state index is 6.25. The second-order valence-corrected chi connectivity index (χ2v) is 10.9. The van der Waals surface area contributed by atoms with Crippen molar-refractivity contribution in [2.24, 2.45) is 5.92 Å². The van der Waals surface area contributed by atoms with Gasteiger partial charge in [-0.3, -0.25) is 0 Å². The first-order valence-electron chi connectivity index (χ1n) is 11.7. The van der Waals surface area contributed by atoms with Gasteiger partial charge in [0.1, 0.15) is 6.10 Å². The fraction of sp³-hybridized carbons (Fsp3) is 0.500. The predicted octanol–water partition coefficient (Wildman–Crippen LogP) is 5.68. The molecule has 1 unspecified atom stereocenters. The van der Waals surface area contributed by atoms with Crippen LogP contribution >= 0.6 is 23.1 Å². The summed E-state index contributed by atoms with van der Waals surface area (Å²) in [6, 6.07) is 7.10. The van der Waals surface area contributed by atoms with Crippen LogP contribution in [0.15, 0.2) is 33.8 Å². The van der Waals surface area contributed by atoms with E-state index in [1.807, 2.05) is 10.7 Å². The lowest BCUT2D eigenvalue weighted by Crippen LogP contribution is -2.38. The van der Waals surface area contributed by atoms with Gasteiger partial charge >= 0.3 is 6.01 Å². The Labute approximate surface area is 207 Å². The summed E-state index contributed by atoms with van der Waals surface area (Å²) in [6.07, 6.45) is 6.18. The minimum absolute atomic E-state index is 0.0766. The molecule has 0 amide bonds. The lowest BCUT2D eigenvalue weighted by molar-refractivity contribution is 0.130. The van der Waals surface area contributed by atoms with Crippen LogP contribution in [0.1, 0.15) is 50.9 Å². The number of rotatable bonds is 7. The standard InChI is InChI=1S/C24H30N6O2S2/c1-14(2)21-26-22(32-28-21)29-10-8-17(9-11-29)16(4)31-24-27-30-13-20(25-23(30)34-24)19-7-6-18(33-5)12-15(19)3/h6-7,12-14,16-17H,8-11H2,1-5H3. The number of thioether (sulfide) groups is 1. The zero-order chi connectivity index (χ0) is 23.8. The van der Waals surface area contributed by atoms with Crippen molar-refractivity contribution >= 4 is 34.1 Å². The van der Waals surface area contributed by atoms with Gasteiger partial charge in [0.15, 0.2) is 5.82 Å². The fourth-order valence-electron chi connectivity index (χ4n) is 4.31. The molecule has 0 bridgehead atoms. The number of nitrogens with zero attached hydrogens (tertiary/aromatic N) is 6. The van der Waals surface area contributed by atoms with Crippen molar-refractivity contribution in [2.45, 2.75) is 57.5 Å². The summed E-state index contributed by atoms with van der Waals surface area (Å²) in [5.41, 5.74) is 3.30. The summed E-state index contributed by atoms with van der Waals surface area (Å²) in [7, 11) is 0. The molecule has 1 aliphatic rings. The highest BCUT2D eigenvalue weighted by Crippen LogP contribution is 2.32. The quantitative estimate of drug-likeness (QED) is 0.301. The van der Waals surface area contributed by atoms with Crippen LogP contribution in [0.2, 0.25) is 0 Å². The third-order valence-electron chi connectivity index (χ3n) is 6.44. The van der Waals surface area contributed by atoms with Crippen molar-refractivity contribution in [3.8, 4) is 16.5 Å². The van der Waals surface area contributed by atoms with Crippen LogP contribution < -0.4 is 9.64 Å². The Bertz CT molecular complexity index is 1240. The molecule has 4 heterocycles. The van der Waals surface area contributed by atoms with Crippen LogP contribution in [0.3, 0.4) is 0 Å². The number of ether oxygens (including phenoxy) is 1. The first kappa shape index (κ1) is 23.2. The van der Waals surface area contributed by atoms with Gasteiger partial charge in [0, 0.05) is 29.5 Å². The summed E-state index contributed by atoms with van der Waals surface area (Å²) in [4.78, 5) is 13.6. The smallest absolute Gasteiger partial charge is 0.324 e. The van der Waals surface area contributed by atoms with Crippen molar-refractivity contribution in [2.75, 3.05) is 24.2 Å². The Kier molecular flexibility index (Phi) is 6.52. The maximum Gasteiger partial charge on any atom is 0.324 e. The van der Waals surface area contributed by atoms with E-state index in [9.17, 15) is 0 Å². The summed E-state index contributed by atoms with van der Waals surface area (Å²) < 4.78 is 13.5. The van der Waals surface area contributed by atoms with E-state index in [-0.39, 0.29) is 12.0 Å². The summed E-state index contributed by atoms with van der Waals surface area (Å²) >= 11 is 3.24. The molecule has 4 aromatic rings. The van der Waals surface area contributed by atoms with E-state index in [1.54, 1.807) is 11.8 Å². The molecular formula is C24H30N6O2S2. The number of hydrogen-bond acceptors (Lipinski definition) is 9. The van der Waals surface area contributed by atoms with E-state index < -0.39 is 0 Å². The monoisotopic (exact) mass is 498 g/mol. The largest absolute Gasteiger partial charge is 0.466 e. The van der Waals surface area contributed by atoms with Gasteiger partial charge in [-0.1, -0.05) is 25.1 Å². The molecule has 8 nitrogen and oxygen atoms in total.